The molecule has 2 aromatic heterocycles. The maximum absolute atomic E-state index is 12.0. The van der Waals surface area contributed by atoms with Crippen LogP contribution in [0.15, 0.2) is 8.95 Å². The molecule has 9 nitrogen and oxygen atoms in total. The highest BCUT2D eigenvalue weighted by Gasteiger charge is 2.24. The topological polar surface area (TPSA) is 108 Å². The third kappa shape index (κ3) is 4.46. The predicted octanol–water partition coefficient (Wildman–Crippen LogP) is 2.64. The minimum absolute atomic E-state index is 0.0657. The van der Waals surface area contributed by atoms with Gasteiger partial charge >= 0.3 is 5.82 Å². The van der Waals surface area contributed by atoms with E-state index < -0.39 is 4.92 Å². The number of carbonyl (C=O) groups excluding carboxylic acids is 1. The van der Waals surface area contributed by atoms with E-state index in [1.165, 1.54) is 4.68 Å². The van der Waals surface area contributed by atoms with Crippen LogP contribution in [0.25, 0.3) is 0 Å². The van der Waals surface area contributed by atoms with Crippen molar-refractivity contribution in [1.29, 1.82) is 0 Å². The molecule has 0 atom stereocenters. The fourth-order valence-electron chi connectivity index (χ4n) is 2.32. The van der Waals surface area contributed by atoms with Crippen LogP contribution in [0, 0.1) is 30.9 Å². The monoisotopic (exact) mass is 476 g/mol. The first-order chi connectivity index (χ1) is 11.7. The zero-order valence-corrected chi connectivity index (χ0v) is 17.2. The van der Waals surface area contributed by atoms with Gasteiger partial charge in [0.15, 0.2) is 0 Å². The molecule has 0 saturated heterocycles. The molecular formula is C14H18Br2N6O3. The number of nitrogens with one attached hydrogen (secondary N) is 1. The van der Waals surface area contributed by atoms with Crippen LogP contribution in [-0.2, 0) is 17.9 Å². The first-order valence-corrected chi connectivity index (χ1v) is 9.14. The fourth-order valence-corrected chi connectivity index (χ4v) is 3.03. The molecule has 0 fully saturated rings. The highest BCUT2D eigenvalue weighted by molar-refractivity contribution is 9.11. The number of nitro groups is 1. The van der Waals surface area contributed by atoms with E-state index in [-0.39, 0.29) is 18.3 Å². The molecule has 0 aliphatic heterocycles. The molecule has 0 radical (unpaired) electrons. The molecule has 0 saturated carbocycles. The second-order valence-electron chi connectivity index (χ2n) is 5.55. The van der Waals surface area contributed by atoms with Crippen LogP contribution in [0.2, 0.25) is 0 Å². The number of hydrogen-bond acceptors (Lipinski definition) is 5. The molecule has 1 N–H and O–H groups in total. The Hall–Kier alpha value is -1.75. The standard InChI is InChI=1S/C14H18Br2N6O3/c1-8-12(15)9(2)20(18-8)6-4-5-17-11(23)7-21-10(3)13(16)14(19-21)22(24)25/h4-7H2,1-3H3,(H,17,23). The Kier molecular flexibility index (Phi) is 6.33. The third-order valence-corrected chi connectivity index (χ3v) is 5.82. The van der Waals surface area contributed by atoms with Gasteiger partial charge in [0, 0.05) is 18.8 Å². The van der Waals surface area contributed by atoms with Gasteiger partial charge in [-0.25, -0.2) is 0 Å². The summed E-state index contributed by atoms with van der Waals surface area (Å²) in [5.41, 5.74) is 2.52. The summed E-state index contributed by atoms with van der Waals surface area (Å²) >= 11 is 6.60. The minimum atomic E-state index is -0.585. The number of halogens is 2. The van der Waals surface area contributed by atoms with Crippen LogP contribution in [-0.4, -0.2) is 36.9 Å². The highest BCUT2D eigenvalue weighted by Crippen LogP contribution is 2.26. The number of nitrogens with zero attached hydrogens (tertiary/aromatic N) is 5. The van der Waals surface area contributed by atoms with Crippen molar-refractivity contribution in [3.05, 3.63) is 36.1 Å². The number of hydrogen-bond donors (Lipinski definition) is 1. The lowest BCUT2D eigenvalue weighted by Crippen LogP contribution is -2.29. The lowest BCUT2D eigenvalue weighted by atomic mass is 10.3. The molecule has 1 amide bonds. The van der Waals surface area contributed by atoms with Crippen molar-refractivity contribution in [3.8, 4) is 0 Å². The summed E-state index contributed by atoms with van der Waals surface area (Å²) in [6, 6.07) is 0. The Bertz CT molecular complexity index is 814. The molecule has 25 heavy (non-hydrogen) atoms. The number of rotatable bonds is 7. The Morgan fingerprint density at radius 1 is 1.16 bits per heavy atom. The average Bonchev–Trinajstić information content (AvgIpc) is 2.97. The number of carbonyl (C=O) groups is 1. The lowest BCUT2D eigenvalue weighted by molar-refractivity contribution is -0.390. The Balaban J connectivity index is 1.84. The van der Waals surface area contributed by atoms with Crippen molar-refractivity contribution >= 4 is 43.6 Å². The van der Waals surface area contributed by atoms with Crippen LogP contribution in [0.1, 0.15) is 23.5 Å². The van der Waals surface area contributed by atoms with Crippen LogP contribution >= 0.6 is 31.9 Å². The molecule has 2 heterocycles. The van der Waals surface area contributed by atoms with Gasteiger partial charge in [-0.05, 0) is 64.0 Å². The van der Waals surface area contributed by atoms with Crippen molar-refractivity contribution in [3.63, 3.8) is 0 Å². The smallest absolute Gasteiger partial charge is 0.358 e. The zero-order chi connectivity index (χ0) is 18.7. The second kappa shape index (κ2) is 8.09. The fraction of sp³-hybridized carbons (Fsp3) is 0.500. The van der Waals surface area contributed by atoms with Crippen molar-refractivity contribution in [2.75, 3.05) is 6.54 Å². The molecule has 0 unspecified atom stereocenters. The minimum Gasteiger partial charge on any atom is -0.358 e. The predicted molar refractivity (Wildman–Crippen MR) is 98.3 cm³/mol. The maximum Gasteiger partial charge on any atom is 0.404 e. The summed E-state index contributed by atoms with van der Waals surface area (Å²) in [6.45, 7) is 6.68. The molecule has 0 spiro atoms. The molecule has 2 rings (SSSR count). The van der Waals surface area contributed by atoms with E-state index >= 15 is 0 Å². The van der Waals surface area contributed by atoms with Crippen LogP contribution in [0.3, 0.4) is 0 Å². The quantitative estimate of drug-likeness (QED) is 0.374. The maximum atomic E-state index is 12.0. The van der Waals surface area contributed by atoms with Crippen LogP contribution in [0.5, 0.6) is 0 Å². The molecule has 11 heteroatoms. The average molecular weight is 478 g/mol. The normalized spacial score (nSPS) is 10.9. The van der Waals surface area contributed by atoms with Gasteiger partial charge in [-0.2, -0.15) is 9.78 Å². The van der Waals surface area contributed by atoms with Crippen molar-refractivity contribution < 1.29 is 9.72 Å². The molecule has 136 valence electrons. The number of aromatic nitrogens is 4. The Morgan fingerprint density at radius 3 is 2.32 bits per heavy atom. The van der Waals surface area contributed by atoms with Gasteiger partial charge in [0.2, 0.25) is 5.91 Å². The van der Waals surface area contributed by atoms with Gasteiger partial charge in [0.25, 0.3) is 0 Å². The molecule has 0 bridgehead atoms. The van der Waals surface area contributed by atoms with Crippen LogP contribution < -0.4 is 5.32 Å². The lowest BCUT2D eigenvalue weighted by Gasteiger charge is -2.06. The number of amides is 1. The van der Waals surface area contributed by atoms with Gasteiger partial charge < -0.3 is 15.4 Å². The van der Waals surface area contributed by atoms with Crippen molar-refractivity contribution in [1.82, 2.24) is 24.9 Å². The molecular weight excluding hydrogens is 460 g/mol. The molecule has 2 aromatic rings. The SMILES string of the molecule is Cc1nn(CCCNC(=O)Cn2nc([N+](=O)[O-])c(Br)c2C)c(C)c1Br. The van der Waals surface area contributed by atoms with Crippen LogP contribution in [0.4, 0.5) is 5.82 Å². The third-order valence-electron chi connectivity index (χ3n) is 3.74. The van der Waals surface area contributed by atoms with Gasteiger partial charge in [0.05, 0.1) is 21.0 Å². The molecule has 0 aliphatic carbocycles. The summed E-state index contributed by atoms with van der Waals surface area (Å²) < 4.78 is 4.50. The molecule has 0 aromatic carbocycles. The molecule has 0 aliphatic rings. The van der Waals surface area contributed by atoms with E-state index in [0.29, 0.717) is 23.3 Å². The van der Waals surface area contributed by atoms with E-state index in [9.17, 15) is 14.9 Å². The highest BCUT2D eigenvalue weighted by atomic mass is 79.9. The largest absolute Gasteiger partial charge is 0.404 e. The van der Waals surface area contributed by atoms with Gasteiger partial charge in [-0.3, -0.25) is 9.48 Å². The summed E-state index contributed by atoms with van der Waals surface area (Å²) in [5.74, 6) is -0.539. The van der Waals surface area contributed by atoms with Crippen molar-refractivity contribution in [2.24, 2.45) is 0 Å². The van der Waals surface area contributed by atoms with Gasteiger partial charge in [-0.1, -0.05) is 0 Å². The number of aryl methyl sites for hydroxylation is 2. The summed E-state index contributed by atoms with van der Waals surface area (Å²) in [5, 5.41) is 21.9. The Morgan fingerprint density at radius 2 is 1.80 bits per heavy atom. The Labute approximate surface area is 161 Å². The van der Waals surface area contributed by atoms with E-state index in [4.69, 9.17) is 0 Å². The van der Waals surface area contributed by atoms with E-state index in [1.54, 1.807) is 6.92 Å². The second-order valence-corrected chi connectivity index (χ2v) is 7.14. The summed E-state index contributed by atoms with van der Waals surface area (Å²) in [4.78, 5) is 22.3. The van der Waals surface area contributed by atoms with E-state index in [1.807, 2.05) is 18.5 Å². The van der Waals surface area contributed by atoms with Gasteiger partial charge in [-0.15, -0.1) is 0 Å². The van der Waals surface area contributed by atoms with E-state index in [2.05, 4.69) is 47.4 Å². The first kappa shape index (κ1) is 19.6. The summed E-state index contributed by atoms with van der Waals surface area (Å²) in [7, 11) is 0. The van der Waals surface area contributed by atoms with E-state index in [0.717, 1.165) is 22.3 Å². The first-order valence-electron chi connectivity index (χ1n) is 7.55. The zero-order valence-electron chi connectivity index (χ0n) is 14.0. The summed E-state index contributed by atoms with van der Waals surface area (Å²) in [6.07, 6.45) is 0.724. The van der Waals surface area contributed by atoms with Crippen molar-refractivity contribution in [2.45, 2.75) is 40.3 Å². The van der Waals surface area contributed by atoms with Gasteiger partial charge in [0.1, 0.15) is 11.0 Å².